The van der Waals surface area contributed by atoms with E-state index in [1.54, 1.807) is 6.07 Å². The number of carbonyl (C=O) groups is 2. The summed E-state index contributed by atoms with van der Waals surface area (Å²) >= 11 is 3.04. The first-order chi connectivity index (χ1) is 7.63. The standard InChI is InChI=1S/C10H8BrNO4/c1-2-5-12-9(13)6-15-10(14)7-3-4-8(11)16-7/h1,3-4H,5-6H2,(H,12,13). The lowest BCUT2D eigenvalue weighted by molar-refractivity contribution is -0.124. The van der Waals surface area contributed by atoms with Crippen molar-refractivity contribution in [1.82, 2.24) is 5.32 Å². The zero-order valence-electron chi connectivity index (χ0n) is 8.16. The lowest BCUT2D eigenvalue weighted by Crippen LogP contribution is -2.28. The maximum absolute atomic E-state index is 11.3. The number of halogens is 1. The van der Waals surface area contributed by atoms with E-state index in [2.05, 4.69) is 31.9 Å². The summed E-state index contributed by atoms with van der Waals surface area (Å²) in [5, 5.41) is 2.35. The predicted octanol–water partition coefficient (Wildman–Crippen LogP) is 0.948. The Balaban J connectivity index is 2.36. The molecule has 0 fully saturated rings. The van der Waals surface area contributed by atoms with Crippen LogP contribution in [-0.4, -0.2) is 25.0 Å². The smallest absolute Gasteiger partial charge is 0.374 e. The molecular formula is C10H8BrNO4. The molecule has 5 nitrogen and oxygen atoms in total. The molecule has 0 bridgehead atoms. The predicted molar refractivity (Wildman–Crippen MR) is 58.5 cm³/mol. The molecule has 0 aliphatic carbocycles. The van der Waals surface area contributed by atoms with Crippen LogP contribution < -0.4 is 5.32 Å². The summed E-state index contributed by atoms with van der Waals surface area (Å²) in [6.45, 7) is -0.290. The van der Waals surface area contributed by atoms with Crippen LogP contribution in [0, 0.1) is 12.3 Å². The molecule has 6 heteroatoms. The third kappa shape index (κ3) is 3.79. The number of carbonyl (C=O) groups excluding carboxylic acids is 2. The normalized spacial score (nSPS) is 9.25. The van der Waals surface area contributed by atoms with Gasteiger partial charge in [-0.15, -0.1) is 6.42 Å². The van der Waals surface area contributed by atoms with Crippen LogP contribution in [0.25, 0.3) is 0 Å². The zero-order valence-corrected chi connectivity index (χ0v) is 9.74. The number of hydrogen-bond donors (Lipinski definition) is 1. The Hall–Kier alpha value is -1.74. The van der Waals surface area contributed by atoms with Gasteiger partial charge in [0.1, 0.15) is 0 Å². The number of terminal acetylenes is 1. The molecule has 0 aliphatic heterocycles. The maximum Gasteiger partial charge on any atom is 0.374 e. The van der Waals surface area contributed by atoms with Crippen LogP contribution in [0.15, 0.2) is 21.2 Å². The van der Waals surface area contributed by atoms with Crippen molar-refractivity contribution in [2.75, 3.05) is 13.2 Å². The second-order valence-corrected chi connectivity index (χ2v) is 3.44. The summed E-state index contributed by atoms with van der Waals surface area (Å²) in [7, 11) is 0. The van der Waals surface area contributed by atoms with E-state index in [0.29, 0.717) is 4.67 Å². The van der Waals surface area contributed by atoms with Gasteiger partial charge in [-0.1, -0.05) is 5.92 Å². The van der Waals surface area contributed by atoms with E-state index in [1.165, 1.54) is 6.07 Å². The van der Waals surface area contributed by atoms with E-state index in [4.69, 9.17) is 10.8 Å². The van der Waals surface area contributed by atoms with Gasteiger partial charge >= 0.3 is 5.97 Å². The Kier molecular flexibility index (Phi) is 4.61. The highest BCUT2D eigenvalue weighted by Gasteiger charge is 2.13. The number of nitrogens with one attached hydrogen (secondary N) is 1. The van der Waals surface area contributed by atoms with E-state index in [1.807, 2.05) is 0 Å². The molecule has 0 saturated heterocycles. The average Bonchev–Trinajstić information content (AvgIpc) is 2.69. The summed E-state index contributed by atoms with van der Waals surface area (Å²) in [5.41, 5.74) is 0. The SMILES string of the molecule is C#CCNC(=O)COC(=O)c1ccc(Br)o1. The van der Waals surface area contributed by atoms with Crippen LogP contribution >= 0.6 is 15.9 Å². The molecule has 1 amide bonds. The molecule has 0 aliphatic rings. The van der Waals surface area contributed by atoms with E-state index < -0.39 is 18.5 Å². The number of esters is 1. The molecule has 84 valence electrons. The highest BCUT2D eigenvalue weighted by Crippen LogP contribution is 2.14. The Bertz CT molecular complexity index is 432. The average molecular weight is 286 g/mol. The minimum Gasteiger partial charge on any atom is -0.450 e. The number of furan rings is 1. The molecule has 1 heterocycles. The van der Waals surface area contributed by atoms with Crippen molar-refractivity contribution < 1.29 is 18.7 Å². The van der Waals surface area contributed by atoms with Crippen molar-refractivity contribution >= 4 is 27.8 Å². The Morgan fingerprint density at radius 1 is 1.56 bits per heavy atom. The highest BCUT2D eigenvalue weighted by molar-refractivity contribution is 9.10. The van der Waals surface area contributed by atoms with Gasteiger partial charge in [0.05, 0.1) is 6.54 Å². The van der Waals surface area contributed by atoms with Gasteiger partial charge < -0.3 is 14.5 Å². The van der Waals surface area contributed by atoms with Gasteiger partial charge in [-0.2, -0.15) is 0 Å². The van der Waals surface area contributed by atoms with Gasteiger partial charge in [-0.25, -0.2) is 4.79 Å². The Morgan fingerprint density at radius 2 is 2.31 bits per heavy atom. The number of amides is 1. The second kappa shape index (κ2) is 5.98. The number of hydrogen-bond acceptors (Lipinski definition) is 4. The first kappa shape index (κ1) is 12.3. The number of rotatable bonds is 4. The fraction of sp³-hybridized carbons (Fsp3) is 0.200. The monoisotopic (exact) mass is 285 g/mol. The first-order valence-corrected chi connectivity index (χ1v) is 5.05. The van der Waals surface area contributed by atoms with Crippen LogP contribution in [-0.2, 0) is 9.53 Å². The lowest BCUT2D eigenvalue weighted by atomic mass is 10.4. The summed E-state index contributed by atoms with van der Waals surface area (Å²) in [6, 6.07) is 2.99. The van der Waals surface area contributed by atoms with Crippen molar-refractivity contribution in [1.29, 1.82) is 0 Å². The van der Waals surface area contributed by atoms with E-state index >= 15 is 0 Å². The van der Waals surface area contributed by atoms with E-state index in [0.717, 1.165) is 0 Å². The highest BCUT2D eigenvalue weighted by atomic mass is 79.9. The summed E-state index contributed by atoms with van der Waals surface area (Å²) in [6.07, 6.45) is 4.93. The van der Waals surface area contributed by atoms with Gasteiger partial charge in [0.2, 0.25) is 5.76 Å². The minimum atomic E-state index is -0.707. The quantitative estimate of drug-likeness (QED) is 0.661. The van der Waals surface area contributed by atoms with Gasteiger partial charge in [0.15, 0.2) is 11.3 Å². The molecule has 1 rings (SSSR count). The zero-order chi connectivity index (χ0) is 12.0. The summed E-state index contributed by atoms with van der Waals surface area (Å²) in [5.74, 6) is 1.08. The molecule has 16 heavy (non-hydrogen) atoms. The van der Waals surface area contributed by atoms with Crippen LogP contribution in [0.1, 0.15) is 10.6 Å². The fourth-order valence-electron chi connectivity index (χ4n) is 0.827. The van der Waals surface area contributed by atoms with Crippen molar-refractivity contribution in [3.05, 3.63) is 22.6 Å². The Labute approximate surface area is 100 Å². The van der Waals surface area contributed by atoms with Crippen molar-refractivity contribution in [3.8, 4) is 12.3 Å². The van der Waals surface area contributed by atoms with E-state index in [9.17, 15) is 9.59 Å². The lowest BCUT2D eigenvalue weighted by Gasteiger charge is -2.02. The number of ether oxygens (including phenoxy) is 1. The van der Waals surface area contributed by atoms with Crippen molar-refractivity contribution in [2.24, 2.45) is 0 Å². The molecule has 0 spiro atoms. The van der Waals surface area contributed by atoms with E-state index in [-0.39, 0.29) is 12.3 Å². The van der Waals surface area contributed by atoms with Gasteiger partial charge in [-0.3, -0.25) is 4.79 Å². The minimum absolute atomic E-state index is 0.0247. The van der Waals surface area contributed by atoms with Crippen LogP contribution in [0.2, 0.25) is 0 Å². The fourth-order valence-corrected chi connectivity index (χ4v) is 1.13. The molecule has 0 aromatic carbocycles. The molecule has 0 unspecified atom stereocenters. The molecule has 1 N–H and O–H groups in total. The molecule has 1 aromatic heterocycles. The second-order valence-electron chi connectivity index (χ2n) is 2.66. The summed E-state index contributed by atoms with van der Waals surface area (Å²) < 4.78 is 10.0. The maximum atomic E-state index is 11.3. The van der Waals surface area contributed by atoms with Crippen LogP contribution in [0.3, 0.4) is 0 Å². The molecule has 0 atom stereocenters. The van der Waals surface area contributed by atoms with Crippen LogP contribution in [0.4, 0.5) is 0 Å². The molecule has 0 radical (unpaired) electrons. The van der Waals surface area contributed by atoms with Crippen molar-refractivity contribution in [3.63, 3.8) is 0 Å². The first-order valence-electron chi connectivity index (χ1n) is 4.26. The molecule has 1 aromatic rings. The van der Waals surface area contributed by atoms with Crippen LogP contribution in [0.5, 0.6) is 0 Å². The van der Waals surface area contributed by atoms with Crippen molar-refractivity contribution in [2.45, 2.75) is 0 Å². The molecular weight excluding hydrogens is 278 g/mol. The topological polar surface area (TPSA) is 68.5 Å². The van der Waals surface area contributed by atoms with Gasteiger partial charge in [0, 0.05) is 0 Å². The Morgan fingerprint density at radius 3 is 2.88 bits per heavy atom. The summed E-state index contributed by atoms with van der Waals surface area (Å²) in [4.78, 5) is 22.3. The third-order valence-corrected chi connectivity index (χ3v) is 1.92. The van der Waals surface area contributed by atoms with Gasteiger partial charge in [0.25, 0.3) is 5.91 Å². The molecule has 0 saturated carbocycles. The largest absolute Gasteiger partial charge is 0.450 e. The third-order valence-electron chi connectivity index (χ3n) is 1.50. The van der Waals surface area contributed by atoms with Gasteiger partial charge in [-0.05, 0) is 28.1 Å².